The van der Waals surface area contributed by atoms with E-state index < -0.39 is 46.9 Å². The van der Waals surface area contributed by atoms with E-state index in [-0.39, 0.29) is 21.8 Å². The second kappa shape index (κ2) is 7.73. The summed E-state index contributed by atoms with van der Waals surface area (Å²) < 4.78 is 6.22. The smallest absolute Gasteiger partial charge is 0.241 e. The first-order valence-corrected chi connectivity index (χ1v) is 11.8. The Balaban J connectivity index is 1.56. The quantitative estimate of drug-likeness (QED) is 0.333. The zero-order valence-corrected chi connectivity index (χ0v) is 20.0. The molecule has 9 heteroatoms. The van der Waals surface area contributed by atoms with Crippen molar-refractivity contribution in [3.05, 3.63) is 98.5 Å². The molecular weight excluding hydrogens is 513 g/mol. The molecule has 3 aromatic rings. The number of fused-ring (bicyclic) bond motifs is 3. The van der Waals surface area contributed by atoms with E-state index in [0.717, 1.165) is 4.90 Å². The molecule has 174 valence electrons. The van der Waals surface area contributed by atoms with E-state index in [4.69, 9.17) is 39.5 Å². The van der Waals surface area contributed by atoms with Crippen LogP contribution in [-0.2, 0) is 14.3 Å². The molecule has 6 rings (SSSR count). The number of imide groups is 1. The average Bonchev–Trinajstić information content (AvgIpc) is 3.40. The Kier molecular flexibility index (Phi) is 4.96. The van der Waals surface area contributed by atoms with Crippen molar-refractivity contribution in [2.45, 2.75) is 11.7 Å². The number of ether oxygens (including phenoxy) is 1. The van der Waals surface area contributed by atoms with Crippen molar-refractivity contribution < 1.29 is 23.9 Å². The first-order chi connectivity index (χ1) is 16.8. The average molecular weight is 527 g/mol. The number of hydrogen-bond donors (Lipinski definition) is 0. The number of amides is 2. The van der Waals surface area contributed by atoms with Gasteiger partial charge in [-0.25, -0.2) is 4.90 Å². The molecule has 2 amide bonds. The normalized spacial score (nSPS) is 24.4. The number of anilines is 1. The number of nitrogens with zero attached hydrogens (tertiary/aromatic N) is 1. The van der Waals surface area contributed by atoms with Gasteiger partial charge in [0.05, 0.1) is 28.6 Å². The maximum absolute atomic E-state index is 13.9. The number of rotatable bonds is 2. The summed E-state index contributed by atoms with van der Waals surface area (Å²) in [4.78, 5) is 56.1. The number of halogens is 3. The van der Waals surface area contributed by atoms with E-state index in [1.807, 2.05) is 0 Å². The largest absolute Gasteiger partial charge is 0.349 e. The van der Waals surface area contributed by atoms with Crippen LogP contribution in [0, 0.1) is 11.8 Å². The molecule has 0 unspecified atom stereocenters. The van der Waals surface area contributed by atoms with E-state index in [1.54, 1.807) is 36.4 Å². The Morgan fingerprint density at radius 2 is 1.40 bits per heavy atom. The predicted molar refractivity (Wildman–Crippen MR) is 129 cm³/mol. The molecule has 3 aliphatic rings. The second-order valence-corrected chi connectivity index (χ2v) is 9.92. The van der Waals surface area contributed by atoms with Gasteiger partial charge in [-0.2, -0.15) is 0 Å². The highest BCUT2D eigenvalue weighted by atomic mass is 35.5. The Hall–Kier alpha value is -3.03. The molecule has 35 heavy (non-hydrogen) atoms. The summed E-state index contributed by atoms with van der Waals surface area (Å²) in [7, 11) is 0. The first kappa shape index (κ1) is 22.4. The van der Waals surface area contributed by atoms with Crippen molar-refractivity contribution in [1.82, 2.24) is 0 Å². The third-order valence-electron chi connectivity index (χ3n) is 6.85. The summed E-state index contributed by atoms with van der Waals surface area (Å²) in [5, 5.41) is 0.789. The van der Waals surface area contributed by atoms with Crippen LogP contribution in [0.3, 0.4) is 0 Å². The topological polar surface area (TPSA) is 80.8 Å². The zero-order chi connectivity index (χ0) is 24.6. The number of ketones is 2. The molecule has 0 bridgehead atoms. The van der Waals surface area contributed by atoms with Gasteiger partial charge in [0.15, 0.2) is 0 Å². The Morgan fingerprint density at radius 3 is 2.03 bits per heavy atom. The lowest BCUT2D eigenvalue weighted by molar-refractivity contribution is -0.127. The Labute approximate surface area is 214 Å². The van der Waals surface area contributed by atoms with Crippen molar-refractivity contribution in [3.8, 4) is 0 Å². The number of hydrogen-bond acceptors (Lipinski definition) is 5. The molecule has 2 aliphatic heterocycles. The molecule has 2 heterocycles. The van der Waals surface area contributed by atoms with Gasteiger partial charge < -0.3 is 4.74 Å². The van der Waals surface area contributed by atoms with Gasteiger partial charge in [-0.15, -0.1) is 0 Å². The van der Waals surface area contributed by atoms with Crippen LogP contribution in [0.4, 0.5) is 5.69 Å². The molecule has 3 atom stereocenters. The molecule has 0 radical (unpaired) electrons. The summed E-state index contributed by atoms with van der Waals surface area (Å²) in [6.45, 7) is 0. The zero-order valence-electron chi connectivity index (χ0n) is 17.7. The fourth-order valence-electron chi connectivity index (χ4n) is 5.40. The lowest BCUT2D eigenvalue weighted by Gasteiger charge is -2.27. The number of Topliss-reactive ketones (excluding diaryl/α,β-unsaturated/α-hetero) is 2. The van der Waals surface area contributed by atoms with Crippen LogP contribution in [0.1, 0.15) is 32.4 Å². The number of benzene rings is 3. The van der Waals surface area contributed by atoms with Crippen LogP contribution in [0.2, 0.25) is 15.1 Å². The summed E-state index contributed by atoms with van der Waals surface area (Å²) >= 11 is 18.5. The SMILES string of the molecule is O=C1[C@@H]2[C@@H](C(=O)N1c1ccc(Cl)cc1Cl)C1(O[C@H]2c2cccc(Cl)c2)C(=O)c2ccccc2C1=O. The summed E-state index contributed by atoms with van der Waals surface area (Å²) in [6, 6.07) is 17.3. The van der Waals surface area contributed by atoms with Gasteiger partial charge in [-0.05, 0) is 35.9 Å². The van der Waals surface area contributed by atoms with E-state index in [2.05, 4.69) is 0 Å². The fraction of sp³-hybridized carbons (Fsp3) is 0.154. The molecular formula is C26H14Cl3NO5. The van der Waals surface area contributed by atoms with E-state index in [0.29, 0.717) is 15.6 Å². The first-order valence-electron chi connectivity index (χ1n) is 10.7. The van der Waals surface area contributed by atoms with Crippen LogP contribution in [0.25, 0.3) is 0 Å². The molecule has 2 saturated heterocycles. The van der Waals surface area contributed by atoms with Gasteiger partial charge >= 0.3 is 0 Å². The van der Waals surface area contributed by atoms with Crippen molar-refractivity contribution in [1.29, 1.82) is 0 Å². The monoisotopic (exact) mass is 525 g/mol. The lowest BCUT2D eigenvalue weighted by atomic mass is 9.77. The van der Waals surface area contributed by atoms with E-state index in [1.165, 1.54) is 30.3 Å². The molecule has 0 saturated carbocycles. The molecule has 0 aromatic heterocycles. The van der Waals surface area contributed by atoms with Crippen LogP contribution >= 0.6 is 34.8 Å². The molecule has 1 spiro atoms. The standard InChI is InChI=1S/C26H14Cl3NO5/c27-13-5-3-4-12(10-13)21-19-20(25(34)30(24(19)33)18-9-8-14(28)11-17(18)29)26(35-21)22(31)15-6-1-2-7-16(15)23(26)32/h1-11,19-21H/t19-,20+,21+/m1/s1. The van der Waals surface area contributed by atoms with Crippen LogP contribution in [-0.4, -0.2) is 29.0 Å². The van der Waals surface area contributed by atoms with Crippen molar-refractivity contribution in [2.24, 2.45) is 11.8 Å². The molecule has 3 aromatic carbocycles. The Morgan fingerprint density at radius 1 is 0.743 bits per heavy atom. The van der Waals surface area contributed by atoms with E-state index >= 15 is 0 Å². The highest BCUT2D eigenvalue weighted by Gasteiger charge is 2.74. The summed E-state index contributed by atoms with van der Waals surface area (Å²) in [5.41, 5.74) is -1.25. The third-order valence-corrected chi connectivity index (χ3v) is 7.62. The minimum absolute atomic E-state index is 0.0841. The minimum Gasteiger partial charge on any atom is -0.349 e. The third kappa shape index (κ3) is 2.94. The molecule has 6 nitrogen and oxygen atoms in total. The minimum atomic E-state index is -2.16. The van der Waals surface area contributed by atoms with Crippen molar-refractivity contribution >= 4 is 63.9 Å². The predicted octanol–water partition coefficient (Wildman–Crippen LogP) is 5.34. The van der Waals surface area contributed by atoms with Gasteiger partial charge in [0.2, 0.25) is 29.0 Å². The highest BCUT2D eigenvalue weighted by molar-refractivity contribution is 6.40. The van der Waals surface area contributed by atoms with E-state index in [9.17, 15) is 19.2 Å². The van der Waals surface area contributed by atoms with Crippen LogP contribution in [0.5, 0.6) is 0 Å². The van der Waals surface area contributed by atoms with Gasteiger partial charge in [0, 0.05) is 21.2 Å². The van der Waals surface area contributed by atoms with Gasteiger partial charge in [-0.1, -0.05) is 71.2 Å². The van der Waals surface area contributed by atoms with Crippen LogP contribution in [0.15, 0.2) is 66.7 Å². The number of carbonyl (C=O) groups is 4. The van der Waals surface area contributed by atoms with Gasteiger partial charge in [0.1, 0.15) is 0 Å². The Bertz CT molecular complexity index is 1450. The number of carbonyl (C=O) groups excluding carboxylic acids is 4. The highest BCUT2D eigenvalue weighted by Crippen LogP contribution is 2.58. The molecule has 2 fully saturated rings. The van der Waals surface area contributed by atoms with Crippen molar-refractivity contribution in [3.63, 3.8) is 0 Å². The van der Waals surface area contributed by atoms with Gasteiger partial charge in [0.25, 0.3) is 0 Å². The molecule has 1 aliphatic carbocycles. The maximum atomic E-state index is 13.9. The second-order valence-electron chi connectivity index (χ2n) is 8.64. The summed E-state index contributed by atoms with van der Waals surface area (Å²) in [6.07, 6.45) is -1.06. The lowest BCUT2D eigenvalue weighted by Crippen LogP contribution is -2.51. The fourth-order valence-corrected chi connectivity index (χ4v) is 6.09. The summed E-state index contributed by atoms with van der Waals surface area (Å²) in [5.74, 6) is -5.15. The van der Waals surface area contributed by atoms with Crippen LogP contribution < -0.4 is 4.90 Å². The molecule has 0 N–H and O–H groups in total. The maximum Gasteiger partial charge on any atom is 0.241 e. The van der Waals surface area contributed by atoms with Gasteiger partial charge in [-0.3, -0.25) is 19.2 Å². The van der Waals surface area contributed by atoms with Crippen molar-refractivity contribution in [2.75, 3.05) is 4.90 Å².